The van der Waals surface area contributed by atoms with Gasteiger partial charge in [0.15, 0.2) is 5.82 Å². The van der Waals surface area contributed by atoms with Crippen LogP contribution in [0.2, 0.25) is 0 Å². The molecule has 9 heteroatoms. The Bertz CT molecular complexity index is 1030. The number of carbonyl (C=O) groups excluding carboxylic acids is 1. The van der Waals surface area contributed by atoms with E-state index in [2.05, 4.69) is 25.5 Å². The van der Waals surface area contributed by atoms with Gasteiger partial charge in [-0.1, -0.05) is 12.1 Å². The van der Waals surface area contributed by atoms with E-state index in [0.29, 0.717) is 41.5 Å². The zero-order valence-electron chi connectivity index (χ0n) is 15.8. The van der Waals surface area contributed by atoms with Gasteiger partial charge in [0.1, 0.15) is 5.75 Å². The van der Waals surface area contributed by atoms with Crippen molar-refractivity contribution in [2.24, 2.45) is 5.92 Å². The normalized spacial score (nSPS) is 23.7. The fourth-order valence-corrected chi connectivity index (χ4v) is 4.29. The number of pyridine rings is 1. The molecule has 0 aromatic carbocycles. The molecule has 3 aliphatic rings. The predicted molar refractivity (Wildman–Crippen MR) is 99.0 cm³/mol. The Hall–Kier alpha value is -2.94. The molecule has 3 unspecified atom stereocenters. The van der Waals surface area contributed by atoms with Crippen LogP contribution in [0, 0.1) is 5.92 Å². The highest BCUT2D eigenvalue weighted by atomic mass is 16.5. The first-order valence-electron chi connectivity index (χ1n) is 9.54. The van der Waals surface area contributed by atoms with Crippen molar-refractivity contribution in [3.05, 3.63) is 41.8 Å². The minimum atomic E-state index is -0.0884. The largest absolute Gasteiger partial charge is 0.495 e. The first kappa shape index (κ1) is 17.2. The quantitative estimate of drug-likeness (QED) is 0.686. The summed E-state index contributed by atoms with van der Waals surface area (Å²) in [6, 6.07) is 4.15. The lowest BCUT2D eigenvalue weighted by Gasteiger charge is -2.37. The topological polar surface area (TPSA) is 97.8 Å². The molecule has 2 saturated heterocycles. The molecule has 1 aliphatic carbocycles. The van der Waals surface area contributed by atoms with E-state index in [1.807, 2.05) is 19.1 Å². The van der Waals surface area contributed by atoms with Gasteiger partial charge in [0.25, 0.3) is 5.91 Å². The van der Waals surface area contributed by atoms with Crippen molar-refractivity contribution in [2.45, 2.75) is 38.4 Å². The Morgan fingerprint density at radius 2 is 2.32 bits per heavy atom. The number of aromatic nitrogens is 4. The summed E-state index contributed by atoms with van der Waals surface area (Å²) in [6.45, 7) is 3.59. The Morgan fingerprint density at radius 1 is 1.43 bits per heavy atom. The Labute approximate surface area is 161 Å². The number of carbonyl (C=O) groups is 1. The van der Waals surface area contributed by atoms with Crippen LogP contribution in [-0.4, -0.2) is 56.3 Å². The smallest absolute Gasteiger partial charge is 0.255 e. The molecule has 3 aromatic rings. The fourth-order valence-electron chi connectivity index (χ4n) is 4.29. The molecule has 0 radical (unpaired) electrons. The summed E-state index contributed by atoms with van der Waals surface area (Å²) in [5.41, 5.74) is 1.34. The summed E-state index contributed by atoms with van der Waals surface area (Å²) in [6.07, 6.45) is 5.20. The Balaban J connectivity index is 1.26. The second-order valence-corrected chi connectivity index (χ2v) is 7.41. The number of fused-ring (bicyclic) bond motifs is 2. The summed E-state index contributed by atoms with van der Waals surface area (Å²) in [5.74, 6) is 2.45. The van der Waals surface area contributed by atoms with Gasteiger partial charge in [-0.25, -0.2) is 4.52 Å². The molecule has 3 aromatic heterocycles. The third kappa shape index (κ3) is 2.73. The highest BCUT2D eigenvalue weighted by molar-refractivity contribution is 6.00. The van der Waals surface area contributed by atoms with Crippen LogP contribution >= 0.6 is 0 Å². The molecule has 146 valence electrons. The molecule has 3 atom stereocenters. The predicted octanol–water partition coefficient (Wildman–Crippen LogP) is 1.29. The summed E-state index contributed by atoms with van der Waals surface area (Å²) < 4.78 is 12.1. The second-order valence-electron chi connectivity index (χ2n) is 7.41. The molecular formula is C19H22N6O3. The Morgan fingerprint density at radius 3 is 3.11 bits per heavy atom. The lowest BCUT2D eigenvalue weighted by Crippen LogP contribution is -2.54. The van der Waals surface area contributed by atoms with Crippen LogP contribution in [0.4, 0.5) is 0 Å². The maximum Gasteiger partial charge on any atom is 0.255 e. The van der Waals surface area contributed by atoms with Gasteiger partial charge in [-0.3, -0.25) is 9.69 Å². The van der Waals surface area contributed by atoms with Crippen molar-refractivity contribution in [3.63, 3.8) is 0 Å². The van der Waals surface area contributed by atoms with Gasteiger partial charge in [0.2, 0.25) is 5.89 Å². The summed E-state index contributed by atoms with van der Waals surface area (Å²) in [5, 5.41) is 11.5. The molecule has 2 bridgehead atoms. The van der Waals surface area contributed by atoms with Crippen molar-refractivity contribution in [3.8, 4) is 5.75 Å². The molecule has 0 spiro atoms. The van der Waals surface area contributed by atoms with Gasteiger partial charge in [0, 0.05) is 25.0 Å². The van der Waals surface area contributed by atoms with E-state index in [9.17, 15) is 4.79 Å². The first-order chi connectivity index (χ1) is 13.7. The number of hydrogen-bond acceptors (Lipinski definition) is 7. The molecule has 3 fully saturated rings. The average Bonchev–Trinajstić information content (AvgIpc) is 3.47. The molecule has 6 rings (SSSR count). The SMILES string of the molecule is CCc1nc(CN2CC3CC2C3NC(=O)c2cnn3cc(OC)ccc23)no1. The maximum atomic E-state index is 12.8. The number of aryl methyl sites for hydroxylation is 1. The number of ether oxygens (including phenoxy) is 1. The van der Waals surface area contributed by atoms with Crippen LogP contribution in [0.3, 0.4) is 0 Å². The van der Waals surface area contributed by atoms with Gasteiger partial charge in [-0.15, -0.1) is 0 Å². The van der Waals surface area contributed by atoms with E-state index in [0.717, 1.165) is 24.9 Å². The molecule has 5 heterocycles. The van der Waals surface area contributed by atoms with Crippen molar-refractivity contribution in [2.75, 3.05) is 13.7 Å². The minimum absolute atomic E-state index is 0.0884. The molecular weight excluding hydrogens is 360 g/mol. The number of rotatable bonds is 6. The van der Waals surface area contributed by atoms with Gasteiger partial charge >= 0.3 is 0 Å². The molecule has 1 saturated carbocycles. The zero-order chi connectivity index (χ0) is 19.3. The third-order valence-corrected chi connectivity index (χ3v) is 5.83. The number of methoxy groups -OCH3 is 1. The minimum Gasteiger partial charge on any atom is -0.495 e. The fraction of sp³-hybridized carbons (Fsp3) is 0.474. The zero-order valence-corrected chi connectivity index (χ0v) is 15.8. The monoisotopic (exact) mass is 382 g/mol. The lowest BCUT2D eigenvalue weighted by atomic mass is 9.80. The van der Waals surface area contributed by atoms with Crippen molar-refractivity contribution >= 4 is 11.4 Å². The van der Waals surface area contributed by atoms with E-state index in [-0.39, 0.29) is 11.9 Å². The maximum absolute atomic E-state index is 12.8. The van der Waals surface area contributed by atoms with E-state index in [1.165, 1.54) is 0 Å². The highest BCUT2D eigenvalue weighted by Crippen LogP contribution is 2.41. The van der Waals surface area contributed by atoms with Crippen LogP contribution in [0.15, 0.2) is 29.0 Å². The number of nitrogens with zero attached hydrogens (tertiary/aromatic N) is 5. The van der Waals surface area contributed by atoms with Crippen LogP contribution in [-0.2, 0) is 13.0 Å². The molecule has 9 nitrogen and oxygen atoms in total. The summed E-state index contributed by atoms with van der Waals surface area (Å²) in [7, 11) is 1.61. The Kier molecular flexibility index (Phi) is 4.04. The van der Waals surface area contributed by atoms with E-state index < -0.39 is 0 Å². The van der Waals surface area contributed by atoms with Gasteiger partial charge in [-0.05, 0) is 24.5 Å². The number of nitrogens with one attached hydrogen (secondary N) is 1. The van der Waals surface area contributed by atoms with E-state index in [4.69, 9.17) is 9.26 Å². The second kappa shape index (κ2) is 6.59. The molecule has 1 N–H and O–H groups in total. The summed E-state index contributed by atoms with van der Waals surface area (Å²) >= 11 is 0. The van der Waals surface area contributed by atoms with Crippen LogP contribution < -0.4 is 10.1 Å². The summed E-state index contributed by atoms with van der Waals surface area (Å²) in [4.78, 5) is 19.6. The van der Waals surface area contributed by atoms with Crippen molar-refractivity contribution in [1.29, 1.82) is 0 Å². The van der Waals surface area contributed by atoms with Gasteiger partial charge in [0.05, 0.1) is 37.1 Å². The highest BCUT2D eigenvalue weighted by Gasteiger charge is 2.52. The standard InChI is InChI=1S/C19H22N6O3/c1-3-17-21-16(23-28-17)10-24-8-11-6-15(24)18(11)22-19(26)13-7-20-25-9-12(27-2)4-5-14(13)25/h4-5,7,9,11,15,18H,3,6,8,10H2,1-2H3,(H,22,26). The molecule has 2 aliphatic heterocycles. The average molecular weight is 382 g/mol. The van der Waals surface area contributed by atoms with Crippen LogP contribution in [0.25, 0.3) is 5.52 Å². The van der Waals surface area contributed by atoms with Crippen LogP contribution in [0.1, 0.15) is 35.4 Å². The van der Waals surface area contributed by atoms with Crippen molar-refractivity contribution in [1.82, 2.24) is 30.0 Å². The number of amides is 1. The number of hydrogen-bond donors (Lipinski definition) is 1. The van der Waals surface area contributed by atoms with Gasteiger partial charge < -0.3 is 14.6 Å². The molecule has 1 amide bonds. The molecule has 28 heavy (non-hydrogen) atoms. The van der Waals surface area contributed by atoms with E-state index >= 15 is 0 Å². The first-order valence-corrected chi connectivity index (χ1v) is 9.54. The van der Waals surface area contributed by atoms with Crippen LogP contribution in [0.5, 0.6) is 5.75 Å². The van der Waals surface area contributed by atoms with E-state index in [1.54, 1.807) is 24.0 Å². The lowest BCUT2D eigenvalue weighted by molar-refractivity contribution is 0.0866. The van der Waals surface area contributed by atoms with Gasteiger partial charge in [-0.2, -0.15) is 10.1 Å². The van der Waals surface area contributed by atoms with Crippen molar-refractivity contribution < 1.29 is 14.1 Å². The third-order valence-electron chi connectivity index (χ3n) is 5.83.